The van der Waals surface area contributed by atoms with Gasteiger partial charge in [-0.25, -0.2) is 4.98 Å². The SMILES string of the molecule is Oc1ccc2c(c1-c1cc3ccccc3c(C=Nc3cccc4cccc(O)c34)n1)C1(c3ccccc3-c3ccccc31)c1ccccc1-2. The van der Waals surface area contributed by atoms with Gasteiger partial charge in [0.15, 0.2) is 0 Å². The summed E-state index contributed by atoms with van der Waals surface area (Å²) in [7, 11) is 0. The molecule has 0 saturated heterocycles. The van der Waals surface area contributed by atoms with Crippen LogP contribution < -0.4 is 0 Å². The smallest absolute Gasteiger partial charge is 0.125 e. The molecule has 1 aromatic heterocycles. The molecule has 4 nitrogen and oxygen atoms in total. The van der Waals surface area contributed by atoms with Crippen LogP contribution in [0.1, 0.15) is 27.9 Å². The third-order valence-corrected chi connectivity index (χ3v) is 10.3. The molecule has 49 heavy (non-hydrogen) atoms. The van der Waals surface area contributed by atoms with Crippen molar-refractivity contribution < 1.29 is 10.2 Å². The molecule has 0 bridgehead atoms. The van der Waals surface area contributed by atoms with Crippen LogP contribution in [0.3, 0.4) is 0 Å². The van der Waals surface area contributed by atoms with Crippen LogP contribution in [0.15, 0.2) is 157 Å². The lowest BCUT2D eigenvalue weighted by molar-refractivity contribution is 0.476. The Bertz CT molecular complexity index is 2640. The fourth-order valence-corrected chi connectivity index (χ4v) is 8.43. The third-order valence-electron chi connectivity index (χ3n) is 10.3. The van der Waals surface area contributed by atoms with E-state index in [2.05, 4.69) is 91.0 Å². The van der Waals surface area contributed by atoms with E-state index >= 15 is 0 Å². The highest BCUT2D eigenvalue weighted by atomic mass is 16.3. The predicted octanol–water partition coefficient (Wildman–Crippen LogP) is 10.6. The first-order valence-corrected chi connectivity index (χ1v) is 16.5. The number of rotatable bonds is 3. The maximum absolute atomic E-state index is 12.0. The van der Waals surface area contributed by atoms with Gasteiger partial charge in [-0.2, -0.15) is 0 Å². The zero-order valence-corrected chi connectivity index (χ0v) is 26.3. The van der Waals surface area contributed by atoms with E-state index in [-0.39, 0.29) is 11.5 Å². The van der Waals surface area contributed by atoms with Gasteiger partial charge < -0.3 is 10.2 Å². The molecule has 230 valence electrons. The number of benzene rings is 7. The lowest BCUT2D eigenvalue weighted by atomic mass is 9.69. The second-order valence-electron chi connectivity index (χ2n) is 12.8. The molecule has 4 heteroatoms. The normalized spacial score (nSPS) is 13.6. The van der Waals surface area contributed by atoms with Crippen molar-refractivity contribution in [2.24, 2.45) is 4.99 Å². The monoisotopic (exact) mass is 628 g/mol. The number of aliphatic imine (C=N–C) groups is 1. The molecule has 2 aliphatic carbocycles. The molecule has 0 saturated carbocycles. The molecular formula is C45H28N2O2. The van der Waals surface area contributed by atoms with Crippen molar-refractivity contribution in [2.45, 2.75) is 5.41 Å². The summed E-state index contributed by atoms with van der Waals surface area (Å²) in [5.41, 5.74) is 11.4. The summed E-state index contributed by atoms with van der Waals surface area (Å²) in [4.78, 5) is 10.2. The van der Waals surface area contributed by atoms with Gasteiger partial charge in [0, 0.05) is 16.3 Å². The summed E-state index contributed by atoms with van der Waals surface area (Å²) in [6.45, 7) is 0. The lowest BCUT2D eigenvalue weighted by Crippen LogP contribution is -2.26. The molecule has 0 aliphatic heterocycles. The van der Waals surface area contributed by atoms with E-state index in [9.17, 15) is 10.2 Å². The van der Waals surface area contributed by atoms with E-state index < -0.39 is 5.41 Å². The minimum Gasteiger partial charge on any atom is -0.507 e. The number of pyridine rings is 1. The van der Waals surface area contributed by atoms with Crippen LogP contribution in [0, 0.1) is 0 Å². The Balaban J connectivity index is 1.27. The van der Waals surface area contributed by atoms with Gasteiger partial charge in [0.1, 0.15) is 11.5 Å². The Hall–Kier alpha value is -6.52. The molecule has 0 amide bonds. The van der Waals surface area contributed by atoms with Gasteiger partial charge in [0.2, 0.25) is 0 Å². The molecule has 0 radical (unpaired) electrons. The molecule has 2 aliphatic rings. The van der Waals surface area contributed by atoms with E-state index in [4.69, 9.17) is 9.98 Å². The molecule has 2 N–H and O–H groups in total. The molecule has 0 atom stereocenters. The minimum atomic E-state index is -0.644. The van der Waals surface area contributed by atoms with Crippen molar-refractivity contribution in [1.29, 1.82) is 0 Å². The fourth-order valence-electron chi connectivity index (χ4n) is 8.43. The highest BCUT2D eigenvalue weighted by molar-refractivity contribution is 6.05. The highest BCUT2D eigenvalue weighted by Gasteiger charge is 2.53. The number of hydrogen-bond donors (Lipinski definition) is 2. The highest BCUT2D eigenvalue weighted by Crippen LogP contribution is 2.65. The summed E-state index contributed by atoms with van der Waals surface area (Å²) in [6, 6.07) is 51.3. The average Bonchev–Trinajstić information content (AvgIpc) is 3.61. The van der Waals surface area contributed by atoms with E-state index in [0.717, 1.165) is 32.8 Å². The molecule has 8 aromatic rings. The van der Waals surface area contributed by atoms with Gasteiger partial charge in [-0.1, -0.05) is 127 Å². The summed E-state index contributed by atoms with van der Waals surface area (Å²) < 4.78 is 0. The number of hydrogen-bond acceptors (Lipinski definition) is 4. The van der Waals surface area contributed by atoms with Crippen LogP contribution >= 0.6 is 0 Å². The van der Waals surface area contributed by atoms with Crippen LogP contribution in [0.4, 0.5) is 5.69 Å². The molecule has 1 spiro atoms. The maximum Gasteiger partial charge on any atom is 0.125 e. The Morgan fingerprint density at radius 3 is 1.84 bits per heavy atom. The number of phenols is 2. The number of phenolic OH excluding ortho intramolecular Hbond substituents is 2. The van der Waals surface area contributed by atoms with E-state index in [0.29, 0.717) is 28.0 Å². The summed E-state index contributed by atoms with van der Waals surface area (Å²) in [5.74, 6) is 0.362. The van der Waals surface area contributed by atoms with Gasteiger partial charge in [0.25, 0.3) is 0 Å². The quantitative estimate of drug-likeness (QED) is 0.191. The van der Waals surface area contributed by atoms with Gasteiger partial charge in [0.05, 0.1) is 28.7 Å². The summed E-state index contributed by atoms with van der Waals surface area (Å²) >= 11 is 0. The average molecular weight is 629 g/mol. The Morgan fingerprint density at radius 2 is 1.12 bits per heavy atom. The van der Waals surface area contributed by atoms with Gasteiger partial charge in [-0.15, -0.1) is 0 Å². The second-order valence-corrected chi connectivity index (χ2v) is 12.8. The Kier molecular flexibility index (Phi) is 5.76. The van der Waals surface area contributed by atoms with Crippen molar-refractivity contribution in [3.05, 3.63) is 180 Å². The van der Waals surface area contributed by atoms with Gasteiger partial charge in [-0.05, 0) is 79.5 Å². The minimum absolute atomic E-state index is 0.178. The first-order valence-electron chi connectivity index (χ1n) is 16.5. The van der Waals surface area contributed by atoms with Crippen LogP contribution in [-0.4, -0.2) is 21.4 Å². The predicted molar refractivity (Wildman–Crippen MR) is 198 cm³/mol. The number of aromatic hydroxyl groups is 2. The second kappa shape index (κ2) is 10.2. The van der Waals surface area contributed by atoms with Crippen molar-refractivity contribution in [2.75, 3.05) is 0 Å². The van der Waals surface area contributed by atoms with E-state index in [1.54, 1.807) is 18.3 Å². The Morgan fingerprint density at radius 1 is 0.531 bits per heavy atom. The van der Waals surface area contributed by atoms with Crippen LogP contribution in [0.2, 0.25) is 0 Å². The largest absolute Gasteiger partial charge is 0.507 e. The van der Waals surface area contributed by atoms with E-state index in [1.165, 1.54) is 27.8 Å². The number of fused-ring (bicyclic) bond motifs is 12. The molecule has 0 unspecified atom stereocenters. The standard InChI is InChI=1S/C45H28N2O2/c48-40-22-10-13-27-12-9-21-37(42(27)40)46-26-39-29-14-2-1-11-28(29)25-38(47-39)43-41(49)24-23-33-32-17-5-8-20-36(32)45(44(33)43)34-18-6-3-15-30(34)31-16-4-7-19-35(31)45/h1-26,48-49H. The van der Waals surface area contributed by atoms with Crippen LogP contribution in [-0.2, 0) is 5.41 Å². The first-order chi connectivity index (χ1) is 24.1. The van der Waals surface area contributed by atoms with Crippen LogP contribution in [0.5, 0.6) is 11.5 Å². The molecule has 0 fully saturated rings. The lowest BCUT2D eigenvalue weighted by Gasteiger charge is -2.32. The van der Waals surface area contributed by atoms with Gasteiger partial charge in [-0.3, -0.25) is 4.99 Å². The number of aromatic nitrogens is 1. The zero-order valence-electron chi connectivity index (χ0n) is 26.3. The molecule has 10 rings (SSSR count). The van der Waals surface area contributed by atoms with Crippen molar-refractivity contribution >= 4 is 33.4 Å². The topological polar surface area (TPSA) is 65.7 Å². The molecule has 1 heterocycles. The van der Waals surface area contributed by atoms with Crippen LogP contribution in [0.25, 0.3) is 55.1 Å². The molecular weight excluding hydrogens is 601 g/mol. The van der Waals surface area contributed by atoms with Crippen molar-refractivity contribution in [3.8, 4) is 45.0 Å². The Labute approximate surface area is 283 Å². The summed E-state index contributed by atoms with van der Waals surface area (Å²) in [6.07, 6.45) is 1.78. The first kappa shape index (κ1) is 27.6. The summed E-state index contributed by atoms with van der Waals surface area (Å²) in [5, 5.41) is 26.2. The fraction of sp³-hybridized carbons (Fsp3) is 0.0222. The maximum atomic E-state index is 12.0. The van der Waals surface area contributed by atoms with Crippen molar-refractivity contribution in [3.63, 3.8) is 0 Å². The third kappa shape index (κ3) is 3.74. The van der Waals surface area contributed by atoms with Crippen molar-refractivity contribution in [1.82, 2.24) is 4.98 Å². The molecule has 7 aromatic carbocycles. The van der Waals surface area contributed by atoms with Gasteiger partial charge >= 0.3 is 0 Å². The van der Waals surface area contributed by atoms with E-state index in [1.807, 2.05) is 48.5 Å². The zero-order chi connectivity index (χ0) is 32.7. The number of nitrogens with zero attached hydrogens (tertiary/aromatic N) is 2.